The fourth-order valence-corrected chi connectivity index (χ4v) is 2.44. The number of rotatable bonds is 2. The molecule has 0 aliphatic heterocycles. The Morgan fingerprint density at radius 3 is 2.94 bits per heavy atom. The van der Waals surface area contributed by atoms with E-state index in [1.54, 1.807) is 18.3 Å². The molecule has 0 spiro atoms. The third-order valence-corrected chi connectivity index (χ3v) is 3.65. The van der Waals surface area contributed by atoms with Gasteiger partial charge in [0.2, 0.25) is 0 Å². The summed E-state index contributed by atoms with van der Waals surface area (Å²) in [5.74, 6) is 0.177. The smallest absolute Gasteiger partial charge is 0.255 e. The van der Waals surface area contributed by atoms with Gasteiger partial charge >= 0.3 is 0 Å². The fourth-order valence-electron chi connectivity index (χ4n) is 2.44. The minimum absolute atomic E-state index is 0.115. The maximum absolute atomic E-state index is 12.1. The highest BCUT2D eigenvalue weighted by Gasteiger charge is 2.35. The Morgan fingerprint density at radius 1 is 1.59 bits per heavy atom. The van der Waals surface area contributed by atoms with Crippen LogP contribution in [-0.4, -0.2) is 16.9 Å². The van der Waals surface area contributed by atoms with E-state index in [-0.39, 0.29) is 17.4 Å². The number of nitrogens with zero attached hydrogens (tertiary/aromatic N) is 1. The second-order valence-electron chi connectivity index (χ2n) is 5.34. The second-order valence-corrected chi connectivity index (χ2v) is 5.34. The van der Waals surface area contributed by atoms with Gasteiger partial charge in [0, 0.05) is 12.2 Å². The molecule has 3 N–H and O–H groups in total. The van der Waals surface area contributed by atoms with Crippen molar-refractivity contribution in [3.63, 3.8) is 0 Å². The van der Waals surface area contributed by atoms with Gasteiger partial charge in [-0.15, -0.1) is 0 Å². The monoisotopic (exact) mass is 233 g/mol. The SMILES string of the molecule is CC1(C)CCCC1NC(=O)c1cccnc1N. The zero-order valence-corrected chi connectivity index (χ0v) is 10.4. The second kappa shape index (κ2) is 4.35. The highest BCUT2D eigenvalue weighted by molar-refractivity contribution is 5.98. The minimum atomic E-state index is -0.115. The number of nitrogens with two attached hydrogens (primary N) is 1. The number of pyridine rings is 1. The normalized spacial score (nSPS) is 22.4. The van der Waals surface area contributed by atoms with Crippen molar-refractivity contribution in [2.45, 2.75) is 39.2 Å². The van der Waals surface area contributed by atoms with Crippen LogP contribution in [0.15, 0.2) is 18.3 Å². The fraction of sp³-hybridized carbons (Fsp3) is 0.538. The third kappa shape index (κ3) is 2.40. The van der Waals surface area contributed by atoms with Crippen LogP contribution in [0.1, 0.15) is 43.5 Å². The number of nitrogens with one attached hydrogen (secondary N) is 1. The molecule has 1 aromatic heterocycles. The molecule has 92 valence electrons. The van der Waals surface area contributed by atoms with Crippen LogP contribution < -0.4 is 11.1 Å². The van der Waals surface area contributed by atoms with Gasteiger partial charge in [0.05, 0.1) is 5.56 Å². The molecule has 1 aliphatic rings. The average Bonchev–Trinajstić information content (AvgIpc) is 2.59. The van der Waals surface area contributed by atoms with E-state index in [0.29, 0.717) is 11.4 Å². The summed E-state index contributed by atoms with van der Waals surface area (Å²) in [7, 11) is 0. The van der Waals surface area contributed by atoms with Crippen LogP contribution in [0.2, 0.25) is 0 Å². The van der Waals surface area contributed by atoms with Crippen LogP contribution in [-0.2, 0) is 0 Å². The lowest BCUT2D eigenvalue weighted by Crippen LogP contribution is -2.41. The van der Waals surface area contributed by atoms with Crippen molar-refractivity contribution in [2.75, 3.05) is 5.73 Å². The zero-order valence-electron chi connectivity index (χ0n) is 10.4. The Hall–Kier alpha value is -1.58. The van der Waals surface area contributed by atoms with Crippen LogP contribution >= 0.6 is 0 Å². The number of aromatic nitrogens is 1. The molecule has 0 radical (unpaired) electrons. The topological polar surface area (TPSA) is 68.0 Å². The van der Waals surface area contributed by atoms with Gasteiger partial charge in [-0.2, -0.15) is 0 Å². The molecule has 0 aromatic carbocycles. The lowest BCUT2D eigenvalue weighted by atomic mass is 9.87. The molecule has 17 heavy (non-hydrogen) atoms. The van der Waals surface area contributed by atoms with Crippen molar-refractivity contribution < 1.29 is 4.79 Å². The lowest BCUT2D eigenvalue weighted by molar-refractivity contribution is 0.0910. The van der Waals surface area contributed by atoms with Crippen molar-refractivity contribution in [3.8, 4) is 0 Å². The molecule has 0 bridgehead atoms. The summed E-state index contributed by atoms with van der Waals surface area (Å²) in [4.78, 5) is 16.0. The molecule has 1 atom stereocenters. The highest BCUT2D eigenvalue weighted by Crippen LogP contribution is 2.37. The number of anilines is 1. The van der Waals surface area contributed by atoms with Crippen LogP contribution in [0.25, 0.3) is 0 Å². The minimum Gasteiger partial charge on any atom is -0.383 e. The summed E-state index contributed by atoms with van der Waals surface area (Å²) >= 11 is 0. The molecule has 4 nitrogen and oxygen atoms in total. The van der Waals surface area contributed by atoms with Crippen LogP contribution in [0.3, 0.4) is 0 Å². The van der Waals surface area contributed by atoms with Crippen molar-refractivity contribution in [1.29, 1.82) is 0 Å². The number of nitrogen functional groups attached to an aromatic ring is 1. The summed E-state index contributed by atoms with van der Waals surface area (Å²) in [6, 6.07) is 3.67. The Morgan fingerprint density at radius 2 is 2.35 bits per heavy atom. The van der Waals surface area contributed by atoms with Crippen LogP contribution in [0, 0.1) is 5.41 Å². The van der Waals surface area contributed by atoms with Gasteiger partial charge in [-0.05, 0) is 30.4 Å². The summed E-state index contributed by atoms with van der Waals surface area (Å²) in [5.41, 5.74) is 6.33. The quantitative estimate of drug-likeness (QED) is 0.820. The lowest BCUT2D eigenvalue weighted by Gasteiger charge is -2.27. The van der Waals surface area contributed by atoms with E-state index in [1.165, 1.54) is 6.42 Å². The molecular formula is C13H19N3O. The summed E-state index contributed by atoms with van der Waals surface area (Å²) < 4.78 is 0. The molecule has 0 saturated heterocycles. The van der Waals surface area contributed by atoms with Crippen molar-refractivity contribution in [3.05, 3.63) is 23.9 Å². The van der Waals surface area contributed by atoms with Crippen molar-refractivity contribution >= 4 is 11.7 Å². The van der Waals surface area contributed by atoms with E-state index in [2.05, 4.69) is 24.1 Å². The summed E-state index contributed by atoms with van der Waals surface area (Å²) in [6.45, 7) is 4.38. The average molecular weight is 233 g/mol. The van der Waals surface area contributed by atoms with E-state index in [1.807, 2.05) is 0 Å². The summed E-state index contributed by atoms with van der Waals surface area (Å²) in [6.07, 6.45) is 4.95. The van der Waals surface area contributed by atoms with E-state index < -0.39 is 0 Å². The van der Waals surface area contributed by atoms with Crippen molar-refractivity contribution in [2.24, 2.45) is 5.41 Å². The molecule has 1 aromatic rings. The maximum Gasteiger partial charge on any atom is 0.255 e. The Bertz CT molecular complexity index is 428. The predicted molar refractivity (Wildman–Crippen MR) is 67.5 cm³/mol. The van der Waals surface area contributed by atoms with Gasteiger partial charge < -0.3 is 11.1 Å². The predicted octanol–water partition coefficient (Wildman–Crippen LogP) is 1.97. The standard InChI is InChI=1S/C13H19N3O/c1-13(2)7-3-6-10(13)16-12(17)9-5-4-8-15-11(9)14/h4-5,8,10H,3,6-7H2,1-2H3,(H2,14,15)(H,16,17). The molecule has 1 fully saturated rings. The molecule has 1 amide bonds. The molecule has 1 unspecified atom stereocenters. The largest absolute Gasteiger partial charge is 0.383 e. The Balaban J connectivity index is 2.10. The number of hydrogen-bond donors (Lipinski definition) is 2. The molecule has 1 heterocycles. The molecule has 1 saturated carbocycles. The molecule has 2 rings (SSSR count). The van der Waals surface area contributed by atoms with Gasteiger partial charge in [-0.25, -0.2) is 4.98 Å². The van der Waals surface area contributed by atoms with Gasteiger partial charge in [-0.3, -0.25) is 4.79 Å². The van der Waals surface area contributed by atoms with E-state index in [0.717, 1.165) is 12.8 Å². The molecular weight excluding hydrogens is 214 g/mol. The van der Waals surface area contributed by atoms with Gasteiger partial charge in [0.25, 0.3) is 5.91 Å². The first-order chi connectivity index (χ1) is 8.00. The van der Waals surface area contributed by atoms with E-state index >= 15 is 0 Å². The first-order valence-corrected chi connectivity index (χ1v) is 6.02. The first-order valence-electron chi connectivity index (χ1n) is 6.02. The Labute approximate surface area is 102 Å². The van der Waals surface area contributed by atoms with E-state index in [4.69, 9.17) is 5.73 Å². The molecule has 4 heteroatoms. The molecule has 1 aliphatic carbocycles. The van der Waals surface area contributed by atoms with Gasteiger partial charge in [0.1, 0.15) is 5.82 Å². The van der Waals surface area contributed by atoms with Crippen LogP contribution in [0.5, 0.6) is 0 Å². The van der Waals surface area contributed by atoms with Crippen LogP contribution in [0.4, 0.5) is 5.82 Å². The summed E-state index contributed by atoms with van der Waals surface area (Å²) in [5, 5.41) is 3.07. The first kappa shape index (κ1) is 11.9. The van der Waals surface area contributed by atoms with Crippen molar-refractivity contribution in [1.82, 2.24) is 10.3 Å². The third-order valence-electron chi connectivity index (χ3n) is 3.65. The zero-order chi connectivity index (χ0) is 12.5. The number of carbonyl (C=O) groups is 1. The Kier molecular flexibility index (Phi) is 3.05. The van der Waals surface area contributed by atoms with Gasteiger partial charge in [-0.1, -0.05) is 20.3 Å². The number of carbonyl (C=O) groups excluding carboxylic acids is 1. The maximum atomic E-state index is 12.1. The highest BCUT2D eigenvalue weighted by atomic mass is 16.1. The number of amides is 1. The number of hydrogen-bond acceptors (Lipinski definition) is 3. The van der Waals surface area contributed by atoms with Gasteiger partial charge in [0.15, 0.2) is 0 Å². The van der Waals surface area contributed by atoms with E-state index in [9.17, 15) is 4.79 Å².